The number of allylic oxidation sites excluding steroid dienone is 1. The van der Waals surface area contributed by atoms with Crippen molar-refractivity contribution in [3.05, 3.63) is 58.4 Å². The summed E-state index contributed by atoms with van der Waals surface area (Å²) >= 11 is 0. The number of carbonyl (C=O) groups excluding carboxylic acids is 1. The van der Waals surface area contributed by atoms with Crippen LogP contribution in [0.15, 0.2) is 52.3 Å². The Bertz CT molecular complexity index is 890. The maximum absolute atomic E-state index is 12.4. The third kappa shape index (κ3) is 2.06. The zero-order valence-electron chi connectivity index (χ0n) is 10.8. The molecule has 6 nitrogen and oxygen atoms in total. The second-order valence-electron chi connectivity index (χ2n) is 4.50. The number of pyridine rings is 1. The zero-order chi connectivity index (χ0) is 15.0. The van der Waals surface area contributed by atoms with Crippen molar-refractivity contribution in [1.82, 2.24) is 4.57 Å². The minimum absolute atomic E-state index is 0.143. The fourth-order valence-corrected chi connectivity index (χ4v) is 2.24. The van der Waals surface area contributed by atoms with E-state index in [0.717, 1.165) is 4.57 Å². The molecule has 1 aliphatic heterocycles. The average Bonchev–Trinajstić information content (AvgIpc) is 3.00. The predicted molar refractivity (Wildman–Crippen MR) is 77.2 cm³/mol. The number of carboxylic acid groups (broad SMARTS) is 1. The van der Waals surface area contributed by atoms with Crippen molar-refractivity contribution in [2.45, 2.75) is 0 Å². The van der Waals surface area contributed by atoms with Crippen molar-refractivity contribution in [3.63, 3.8) is 0 Å². The van der Waals surface area contributed by atoms with Crippen molar-refractivity contribution in [2.75, 3.05) is 6.54 Å². The van der Waals surface area contributed by atoms with Crippen molar-refractivity contribution in [2.24, 2.45) is 4.99 Å². The molecule has 1 aromatic heterocycles. The van der Waals surface area contributed by atoms with Crippen molar-refractivity contribution in [1.29, 1.82) is 0 Å². The van der Waals surface area contributed by atoms with E-state index in [0.29, 0.717) is 17.4 Å². The quantitative estimate of drug-likeness (QED) is 0.900. The molecule has 0 saturated heterocycles. The van der Waals surface area contributed by atoms with E-state index >= 15 is 0 Å². The minimum atomic E-state index is -1.36. The van der Waals surface area contributed by atoms with Crippen molar-refractivity contribution in [3.8, 4) is 0 Å². The van der Waals surface area contributed by atoms with Gasteiger partial charge in [0.05, 0.1) is 12.1 Å². The highest BCUT2D eigenvalue weighted by atomic mass is 16.4. The van der Waals surface area contributed by atoms with E-state index in [1.165, 1.54) is 12.1 Å². The molecule has 2 heterocycles. The molecule has 0 fully saturated rings. The van der Waals surface area contributed by atoms with E-state index in [4.69, 9.17) is 5.11 Å². The summed E-state index contributed by atoms with van der Waals surface area (Å²) in [6.07, 6.45) is 3.22. The molecular weight excluding hydrogens is 272 g/mol. The summed E-state index contributed by atoms with van der Waals surface area (Å²) in [5.74, 6) is -1.98. The van der Waals surface area contributed by atoms with Gasteiger partial charge in [0.2, 0.25) is 0 Å². The number of carbonyl (C=O) groups is 2. The number of hydrogen-bond donors (Lipinski definition) is 1. The molecular formula is C15H10N2O4. The second-order valence-corrected chi connectivity index (χ2v) is 4.50. The van der Waals surface area contributed by atoms with E-state index < -0.39 is 23.0 Å². The fraction of sp³-hybridized carbons (Fsp3) is 0.0667. The van der Waals surface area contributed by atoms with Gasteiger partial charge in [0.15, 0.2) is 0 Å². The van der Waals surface area contributed by atoms with Crippen LogP contribution in [0.25, 0.3) is 10.9 Å². The summed E-state index contributed by atoms with van der Waals surface area (Å²) < 4.78 is 0.868. The molecule has 0 spiro atoms. The fourth-order valence-electron chi connectivity index (χ4n) is 2.24. The summed E-state index contributed by atoms with van der Waals surface area (Å²) in [5.41, 5.74) is -0.788. The number of fused-ring (bicyclic) bond motifs is 1. The van der Waals surface area contributed by atoms with Crippen LogP contribution >= 0.6 is 0 Å². The molecule has 0 saturated carbocycles. The van der Waals surface area contributed by atoms with E-state index in [1.807, 2.05) is 0 Å². The summed E-state index contributed by atoms with van der Waals surface area (Å²) in [4.78, 5) is 39.9. The van der Waals surface area contributed by atoms with Crippen molar-refractivity contribution >= 4 is 28.5 Å². The number of rotatable bonds is 2. The van der Waals surface area contributed by atoms with Gasteiger partial charge >= 0.3 is 5.97 Å². The standard InChI is InChI=1S/C15H10N2O4/c18-13-10(15(20)21)8-9-4-1-2-6-12(9)17(13)14(19)11-5-3-7-16-11/h1-6,8H,7H2,(H,20,21). The molecule has 21 heavy (non-hydrogen) atoms. The Morgan fingerprint density at radius 2 is 2.00 bits per heavy atom. The van der Waals surface area contributed by atoms with Gasteiger partial charge in [0.25, 0.3) is 11.5 Å². The lowest BCUT2D eigenvalue weighted by atomic mass is 10.1. The molecule has 0 unspecified atom stereocenters. The number of aliphatic imine (C=N–C) groups is 1. The third-order valence-electron chi connectivity index (χ3n) is 3.21. The Morgan fingerprint density at radius 3 is 2.67 bits per heavy atom. The van der Waals surface area contributed by atoms with Crippen LogP contribution in [0, 0.1) is 0 Å². The van der Waals surface area contributed by atoms with Crippen LogP contribution in [0.3, 0.4) is 0 Å². The molecule has 0 aliphatic carbocycles. The molecule has 0 atom stereocenters. The summed E-state index contributed by atoms with van der Waals surface area (Å²) in [6, 6.07) is 7.91. The average molecular weight is 282 g/mol. The van der Waals surface area contributed by atoms with Gasteiger partial charge in [-0.3, -0.25) is 14.6 Å². The summed E-state index contributed by atoms with van der Waals surface area (Å²) in [5, 5.41) is 9.63. The Balaban J connectivity index is 2.36. The molecule has 1 aliphatic rings. The Morgan fingerprint density at radius 1 is 1.24 bits per heavy atom. The largest absolute Gasteiger partial charge is 0.477 e. The van der Waals surface area contributed by atoms with Gasteiger partial charge in [0, 0.05) is 0 Å². The van der Waals surface area contributed by atoms with Crippen LogP contribution in [-0.2, 0) is 0 Å². The topological polar surface area (TPSA) is 88.7 Å². The molecule has 0 bridgehead atoms. The number of aromatic nitrogens is 1. The lowest BCUT2D eigenvalue weighted by Crippen LogP contribution is -2.34. The minimum Gasteiger partial charge on any atom is -0.477 e. The molecule has 6 heteroatoms. The first-order valence-electron chi connectivity index (χ1n) is 6.23. The van der Waals surface area contributed by atoms with Crippen LogP contribution in [-0.4, -0.2) is 33.8 Å². The van der Waals surface area contributed by atoms with E-state index in [1.54, 1.807) is 30.3 Å². The Kier molecular flexibility index (Phi) is 2.98. The maximum Gasteiger partial charge on any atom is 0.341 e. The third-order valence-corrected chi connectivity index (χ3v) is 3.21. The first-order chi connectivity index (χ1) is 10.1. The SMILES string of the molecule is O=C(O)c1cc2ccccc2n(C(=O)C2=NCC=C2)c1=O. The molecule has 0 amide bonds. The van der Waals surface area contributed by atoms with Crippen LogP contribution in [0.1, 0.15) is 15.2 Å². The number of para-hydroxylation sites is 1. The lowest BCUT2D eigenvalue weighted by Gasteiger charge is -2.09. The first-order valence-corrected chi connectivity index (χ1v) is 6.23. The van der Waals surface area contributed by atoms with Gasteiger partial charge in [-0.25, -0.2) is 9.36 Å². The monoisotopic (exact) mass is 282 g/mol. The molecule has 104 valence electrons. The van der Waals surface area contributed by atoms with Gasteiger partial charge in [-0.05, 0) is 23.6 Å². The molecule has 1 aromatic carbocycles. The Labute approximate surface area is 118 Å². The van der Waals surface area contributed by atoms with Crippen LogP contribution in [0.2, 0.25) is 0 Å². The smallest absolute Gasteiger partial charge is 0.341 e. The zero-order valence-corrected chi connectivity index (χ0v) is 10.8. The van der Waals surface area contributed by atoms with E-state index in [2.05, 4.69) is 4.99 Å². The van der Waals surface area contributed by atoms with Crippen LogP contribution in [0.5, 0.6) is 0 Å². The number of carboxylic acids is 1. The number of benzene rings is 1. The summed E-state index contributed by atoms with van der Waals surface area (Å²) in [7, 11) is 0. The van der Waals surface area contributed by atoms with Gasteiger partial charge in [-0.15, -0.1) is 0 Å². The van der Waals surface area contributed by atoms with E-state index in [-0.39, 0.29) is 5.71 Å². The Hall–Kier alpha value is -3.02. The normalized spacial score (nSPS) is 13.4. The van der Waals surface area contributed by atoms with Crippen molar-refractivity contribution < 1.29 is 14.7 Å². The number of aromatic carboxylic acids is 1. The molecule has 1 N–H and O–H groups in total. The maximum atomic E-state index is 12.4. The van der Waals surface area contributed by atoms with E-state index in [9.17, 15) is 14.4 Å². The van der Waals surface area contributed by atoms with Crippen LogP contribution < -0.4 is 5.56 Å². The second kappa shape index (κ2) is 4.82. The van der Waals surface area contributed by atoms with Crippen LogP contribution in [0.4, 0.5) is 0 Å². The van der Waals surface area contributed by atoms with Gasteiger partial charge in [-0.1, -0.05) is 24.3 Å². The first kappa shape index (κ1) is 13.0. The number of nitrogens with zero attached hydrogens (tertiary/aromatic N) is 2. The highest BCUT2D eigenvalue weighted by Crippen LogP contribution is 2.14. The van der Waals surface area contributed by atoms with Gasteiger partial charge < -0.3 is 5.11 Å². The number of hydrogen-bond acceptors (Lipinski definition) is 4. The molecule has 2 aromatic rings. The molecule has 0 radical (unpaired) electrons. The highest BCUT2D eigenvalue weighted by molar-refractivity contribution is 6.45. The highest BCUT2D eigenvalue weighted by Gasteiger charge is 2.21. The summed E-state index contributed by atoms with van der Waals surface area (Å²) in [6.45, 7) is 0.381. The predicted octanol–water partition coefficient (Wildman–Crippen LogP) is 1.35. The van der Waals surface area contributed by atoms with Gasteiger partial charge in [0.1, 0.15) is 11.3 Å². The molecule has 3 rings (SSSR count). The lowest BCUT2D eigenvalue weighted by molar-refractivity contribution is 0.0695. The van der Waals surface area contributed by atoms with Gasteiger partial charge in [-0.2, -0.15) is 0 Å².